The van der Waals surface area contributed by atoms with Gasteiger partial charge in [-0.1, -0.05) is 12.1 Å². The lowest BCUT2D eigenvalue weighted by molar-refractivity contribution is 0.111. The summed E-state index contributed by atoms with van der Waals surface area (Å²) >= 11 is 0. The van der Waals surface area contributed by atoms with Crippen LogP contribution in [0.2, 0.25) is 0 Å². The minimum Gasteiger partial charge on any atom is -0.496 e. The average Bonchev–Trinajstić information content (AvgIpc) is 2.85. The van der Waals surface area contributed by atoms with Gasteiger partial charge in [-0.3, -0.25) is 4.79 Å². The second kappa shape index (κ2) is 3.20. The molecule has 0 unspecified atom stereocenters. The molecule has 1 aromatic carbocycles. The van der Waals surface area contributed by atoms with E-state index >= 15 is 0 Å². The maximum atomic E-state index is 10.6. The van der Waals surface area contributed by atoms with Crippen LogP contribution in [0.1, 0.15) is 16.1 Å². The number of imidazole rings is 1. The van der Waals surface area contributed by atoms with Crippen molar-refractivity contribution in [2.75, 3.05) is 7.11 Å². The highest BCUT2D eigenvalue weighted by molar-refractivity contribution is 5.76. The molecule has 2 heterocycles. The fourth-order valence-corrected chi connectivity index (χ4v) is 2.13. The number of methoxy groups -OCH3 is 1. The number of carbonyl (C=O) groups is 1. The highest BCUT2D eigenvalue weighted by atomic mass is 16.5. The first kappa shape index (κ1) is 9.15. The van der Waals surface area contributed by atoms with Crippen molar-refractivity contribution in [1.29, 1.82) is 0 Å². The van der Waals surface area contributed by atoms with E-state index in [0.29, 0.717) is 5.69 Å². The minimum atomic E-state index is 0.475. The second-order valence-electron chi connectivity index (χ2n) is 3.72. The van der Waals surface area contributed by atoms with Crippen LogP contribution in [0.4, 0.5) is 0 Å². The van der Waals surface area contributed by atoms with Crippen LogP contribution >= 0.6 is 0 Å². The van der Waals surface area contributed by atoms with Crippen LogP contribution in [0.3, 0.4) is 0 Å². The van der Waals surface area contributed by atoms with E-state index in [1.807, 2.05) is 22.8 Å². The van der Waals surface area contributed by atoms with Crippen molar-refractivity contribution < 1.29 is 9.53 Å². The van der Waals surface area contributed by atoms with E-state index in [1.165, 1.54) is 0 Å². The Hall–Kier alpha value is -2.10. The zero-order chi connectivity index (χ0) is 11.1. The quantitative estimate of drug-likeness (QED) is 0.610. The zero-order valence-corrected chi connectivity index (χ0v) is 8.80. The Balaban J connectivity index is 2.20. The number of nitrogens with zero attached hydrogens (tertiary/aromatic N) is 2. The first-order chi connectivity index (χ1) is 7.83. The van der Waals surface area contributed by atoms with Gasteiger partial charge in [-0.15, -0.1) is 0 Å². The highest BCUT2D eigenvalue weighted by Gasteiger charge is 2.23. The van der Waals surface area contributed by atoms with Crippen molar-refractivity contribution in [3.05, 3.63) is 35.7 Å². The van der Waals surface area contributed by atoms with Crippen molar-refractivity contribution in [2.24, 2.45) is 0 Å². The molecule has 3 rings (SSSR count). The second-order valence-corrected chi connectivity index (χ2v) is 3.72. The molecule has 4 heteroatoms. The van der Waals surface area contributed by atoms with Crippen molar-refractivity contribution in [1.82, 2.24) is 9.55 Å². The van der Waals surface area contributed by atoms with Crippen molar-refractivity contribution >= 4 is 6.29 Å². The summed E-state index contributed by atoms with van der Waals surface area (Å²) in [5, 5.41) is 0. The van der Waals surface area contributed by atoms with E-state index in [9.17, 15) is 4.79 Å². The third-order valence-corrected chi connectivity index (χ3v) is 2.84. The summed E-state index contributed by atoms with van der Waals surface area (Å²) in [6.07, 6.45) is 2.53. The molecule has 0 spiro atoms. The van der Waals surface area contributed by atoms with Gasteiger partial charge in [-0.25, -0.2) is 4.98 Å². The summed E-state index contributed by atoms with van der Waals surface area (Å²) in [6.45, 7) is 0.718. The van der Waals surface area contributed by atoms with E-state index in [2.05, 4.69) is 4.98 Å². The topological polar surface area (TPSA) is 44.1 Å². The van der Waals surface area contributed by atoms with Crippen LogP contribution < -0.4 is 4.74 Å². The summed E-state index contributed by atoms with van der Waals surface area (Å²) in [7, 11) is 1.66. The highest BCUT2D eigenvalue weighted by Crippen LogP contribution is 2.36. The predicted molar refractivity (Wildman–Crippen MR) is 58.7 cm³/mol. The Morgan fingerprint density at radius 2 is 2.38 bits per heavy atom. The van der Waals surface area contributed by atoms with Gasteiger partial charge in [0.25, 0.3) is 0 Å². The van der Waals surface area contributed by atoms with Gasteiger partial charge < -0.3 is 9.30 Å². The molecule has 0 radical (unpaired) electrons. The average molecular weight is 214 g/mol. The van der Waals surface area contributed by atoms with Gasteiger partial charge in [-0.05, 0) is 6.07 Å². The number of rotatable bonds is 2. The zero-order valence-electron chi connectivity index (χ0n) is 8.80. The molecule has 0 saturated heterocycles. The van der Waals surface area contributed by atoms with Crippen LogP contribution in [-0.4, -0.2) is 22.9 Å². The molecule has 1 aliphatic heterocycles. The van der Waals surface area contributed by atoms with E-state index < -0.39 is 0 Å². The monoisotopic (exact) mass is 214 g/mol. The fraction of sp³-hybridized carbons (Fsp3) is 0.167. The number of ether oxygens (including phenoxy) is 1. The first-order valence-corrected chi connectivity index (χ1v) is 5.02. The molecule has 80 valence electrons. The summed E-state index contributed by atoms with van der Waals surface area (Å²) < 4.78 is 7.27. The van der Waals surface area contributed by atoms with Gasteiger partial charge >= 0.3 is 0 Å². The molecule has 0 N–H and O–H groups in total. The molecule has 0 amide bonds. The normalized spacial score (nSPS) is 12.1. The third kappa shape index (κ3) is 1.10. The Morgan fingerprint density at radius 3 is 3.12 bits per heavy atom. The lowest BCUT2D eigenvalue weighted by Crippen LogP contribution is -1.94. The van der Waals surface area contributed by atoms with Crippen LogP contribution in [-0.2, 0) is 6.54 Å². The Labute approximate surface area is 92.5 Å². The first-order valence-electron chi connectivity index (χ1n) is 5.02. The van der Waals surface area contributed by atoms with Gasteiger partial charge in [0.05, 0.1) is 13.7 Å². The lowest BCUT2D eigenvalue weighted by atomic mass is 10.1. The number of benzene rings is 1. The molecule has 4 nitrogen and oxygen atoms in total. The molecule has 0 saturated carbocycles. The standard InChI is InChI=1S/C12H10N2O2/c1-16-11-4-2-3-9-10(11)6-14-5-8(7-15)13-12(9)14/h2-5,7H,6H2,1H3. The largest absolute Gasteiger partial charge is 0.496 e. The number of fused-ring (bicyclic) bond motifs is 3. The summed E-state index contributed by atoms with van der Waals surface area (Å²) in [4.78, 5) is 14.9. The van der Waals surface area contributed by atoms with Gasteiger partial charge in [0, 0.05) is 17.3 Å². The van der Waals surface area contributed by atoms with Crippen molar-refractivity contribution in [3.8, 4) is 17.1 Å². The van der Waals surface area contributed by atoms with Gasteiger partial charge in [0.15, 0.2) is 6.29 Å². The van der Waals surface area contributed by atoms with E-state index in [1.54, 1.807) is 13.3 Å². The van der Waals surface area contributed by atoms with E-state index in [0.717, 1.165) is 35.5 Å². The smallest absolute Gasteiger partial charge is 0.170 e. The maximum absolute atomic E-state index is 10.6. The van der Waals surface area contributed by atoms with Crippen molar-refractivity contribution in [3.63, 3.8) is 0 Å². The van der Waals surface area contributed by atoms with E-state index in [4.69, 9.17) is 4.74 Å². The summed E-state index contributed by atoms with van der Waals surface area (Å²) in [6, 6.07) is 5.87. The molecule has 0 bridgehead atoms. The Kier molecular flexibility index (Phi) is 1.83. The Morgan fingerprint density at radius 1 is 1.50 bits per heavy atom. The molecule has 1 aliphatic rings. The Bertz CT molecular complexity index is 572. The predicted octanol–water partition coefficient (Wildman–Crippen LogP) is 1.73. The number of hydrogen-bond donors (Lipinski definition) is 0. The summed E-state index contributed by atoms with van der Waals surface area (Å²) in [5.41, 5.74) is 2.65. The van der Waals surface area contributed by atoms with Crippen LogP contribution in [0, 0.1) is 0 Å². The van der Waals surface area contributed by atoms with Gasteiger partial charge in [0.2, 0.25) is 0 Å². The lowest BCUT2D eigenvalue weighted by Gasteiger charge is -2.05. The van der Waals surface area contributed by atoms with E-state index in [-0.39, 0.29) is 0 Å². The molecule has 2 aromatic rings. The molecular formula is C12H10N2O2. The molecular weight excluding hydrogens is 204 g/mol. The minimum absolute atomic E-state index is 0.475. The number of carbonyl (C=O) groups excluding carboxylic acids is 1. The summed E-state index contributed by atoms with van der Waals surface area (Å²) in [5.74, 6) is 1.71. The fourth-order valence-electron chi connectivity index (χ4n) is 2.13. The van der Waals surface area contributed by atoms with Crippen LogP contribution in [0.25, 0.3) is 11.4 Å². The molecule has 16 heavy (non-hydrogen) atoms. The molecule has 1 aromatic heterocycles. The SMILES string of the molecule is COc1cccc2c1Cn1cc(C=O)nc1-2. The third-order valence-electron chi connectivity index (χ3n) is 2.84. The van der Waals surface area contributed by atoms with Gasteiger partial charge in [0.1, 0.15) is 17.3 Å². The number of hydrogen-bond acceptors (Lipinski definition) is 3. The molecule has 0 atom stereocenters. The maximum Gasteiger partial charge on any atom is 0.170 e. The number of aromatic nitrogens is 2. The van der Waals surface area contributed by atoms with Crippen LogP contribution in [0.15, 0.2) is 24.4 Å². The molecule has 0 fully saturated rings. The van der Waals surface area contributed by atoms with Gasteiger partial charge in [-0.2, -0.15) is 0 Å². The molecule has 0 aliphatic carbocycles. The van der Waals surface area contributed by atoms with Crippen LogP contribution in [0.5, 0.6) is 5.75 Å². The van der Waals surface area contributed by atoms with Crippen molar-refractivity contribution in [2.45, 2.75) is 6.54 Å². The number of aldehydes is 1.